The maximum atomic E-state index is 3.31. The minimum absolute atomic E-state index is 0.776. The van der Waals surface area contributed by atoms with Gasteiger partial charge in [0.2, 0.25) is 0 Å². The van der Waals surface area contributed by atoms with Gasteiger partial charge in [-0.1, -0.05) is 32.1 Å². The fraction of sp³-hybridized carbons (Fsp3) is 0.889. The predicted molar refractivity (Wildman–Crippen MR) is 86.7 cm³/mol. The van der Waals surface area contributed by atoms with Gasteiger partial charge in [0.25, 0.3) is 0 Å². The van der Waals surface area contributed by atoms with E-state index >= 15 is 0 Å². The Hall–Kier alpha value is -0.700. The largest absolute Gasteiger partial charge is 0.373 e. The van der Waals surface area contributed by atoms with Crippen molar-refractivity contribution >= 4 is 0 Å². The molecule has 0 radical (unpaired) electrons. The van der Waals surface area contributed by atoms with Gasteiger partial charge in [-0.2, -0.15) is 0 Å². The quantitative estimate of drug-likeness (QED) is 0.842. The van der Waals surface area contributed by atoms with Crippen LogP contribution in [0.15, 0.2) is 12.4 Å². The van der Waals surface area contributed by atoms with Gasteiger partial charge in [-0.25, -0.2) is 0 Å². The maximum Gasteiger partial charge on any atom is 0.0870 e. The molecule has 3 atom stereocenters. The van der Waals surface area contributed by atoms with E-state index in [2.05, 4.69) is 27.5 Å². The lowest BCUT2D eigenvalue weighted by Gasteiger charge is -2.48. The minimum atomic E-state index is 0.776. The summed E-state index contributed by atoms with van der Waals surface area (Å²) in [4.78, 5) is 5.38. The third-order valence-electron chi connectivity index (χ3n) is 6.63. The van der Waals surface area contributed by atoms with Crippen molar-refractivity contribution in [3.8, 4) is 0 Å². The zero-order valence-electron chi connectivity index (χ0n) is 13.3. The second-order valence-electron chi connectivity index (χ2n) is 7.67. The number of likely N-dealkylation sites (tertiary alicyclic amines) is 1. The van der Waals surface area contributed by atoms with Crippen LogP contribution in [0.3, 0.4) is 0 Å². The highest BCUT2D eigenvalue weighted by atomic mass is 15.3. The van der Waals surface area contributed by atoms with E-state index in [1.165, 1.54) is 70.9 Å². The number of hydrogen-bond acceptors (Lipinski definition) is 3. The van der Waals surface area contributed by atoms with E-state index in [-0.39, 0.29) is 0 Å². The highest BCUT2D eigenvalue weighted by Crippen LogP contribution is 2.43. The van der Waals surface area contributed by atoms with Crippen molar-refractivity contribution in [2.24, 2.45) is 11.8 Å². The first-order valence-electron chi connectivity index (χ1n) is 9.31. The number of fused-ring (bicyclic) bond motifs is 1. The normalized spacial score (nSPS) is 38.3. The summed E-state index contributed by atoms with van der Waals surface area (Å²) in [6.07, 6.45) is 17.6. The van der Waals surface area contributed by atoms with Crippen molar-refractivity contribution in [1.82, 2.24) is 15.1 Å². The molecular formula is C18H31N3. The van der Waals surface area contributed by atoms with Crippen LogP contribution in [0.5, 0.6) is 0 Å². The molecule has 4 rings (SSSR count). The summed E-state index contributed by atoms with van der Waals surface area (Å²) in [5, 5.41) is 3.31. The molecule has 2 saturated carbocycles. The fourth-order valence-corrected chi connectivity index (χ4v) is 5.52. The summed E-state index contributed by atoms with van der Waals surface area (Å²) in [6, 6.07) is 1.70. The van der Waals surface area contributed by atoms with E-state index in [1.807, 2.05) is 0 Å². The molecule has 3 nitrogen and oxygen atoms in total. The molecule has 0 aromatic rings. The molecule has 1 saturated heterocycles. The van der Waals surface area contributed by atoms with Crippen LogP contribution in [0, 0.1) is 11.8 Å². The first kappa shape index (κ1) is 13.9. The Morgan fingerprint density at radius 2 is 1.67 bits per heavy atom. The molecule has 0 spiro atoms. The van der Waals surface area contributed by atoms with E-state index < -0.39 is 0 Å². The Bertz CT molecular complexity index is 371. The Morgan fingerprint density at radius 3 is 2.48 bits per heavy atom. The smallest absolute Gasteiger partial charge is 0.0870 e. The van der Waals surface area contributed by atoms with Crippen LogP contribution in [-0.2, 0) is 0 Å². The summed E-state index contributed by atoms with van der Waals surface area (Å²) in [5.41, 5.74) is 0. The zero-order valence-corrected chi connectivity index (χ0v) is 13.3. The van der Waals surface area contributed by atoms with Gasteiger partial charge in [-0.05, 0) is 37.5 Å². The average Bonchev–Trinajstić information content (AvgIpc) is 3.09. The first-order chi connectivity index (χ1) is 10.4. The number of hydrogen-bond donors (Lipinski definition) is 1. The average molecular weight is 289 g/mol. The fourth-order valence-electron chi connectivity index (χ4n) is 5.52. The summed E-state index contributed by atoms with van der Waals surface area (Å²) in [7, 11) is 0. The van der Waals surface area contributed by atoms with E-state index in [4.69, 9.17) is 0 Å². The molecule has 0 amide bonds. The third kappa shape index (κ3) is 2.81. The third-order valence-corrected chi connectivity index (χ3v) is 6.63. The van der Waals surface area contributed by atoms with Gasteiger partial charge in [0.15, 0.2) is 0 Å². The number of nitrogens with zero attached hydrogens (tertiary/aromatic N) is 2. The molecule has 2 aliphatic carbocycles. The van der Waals surface area contributed by atoms with Crippen molar-refractivity contribution in [2.75, 3.05) is 19.8 Å². The van der Waals surface area contributed by atoms with Gasteiger partial charge < -0.3 is 10.2 Å². The van der Waals surface area contributed by atoms with E-state index in [9.17, 15) is 0 Å². The lowest BCUT2D eigenvalue weighted by Crippen LogP contribution is -2.52. The van der Waals surface area contributed by atoms with Crippen LogP contribution in [0.25, 0.3) is 0 Å². The zero-order chi connectivity index (χ0) is 14.1. The summed E-state index contributed by atoms with van der Waals surface area (Å²) >= 11 is 0. The van der Waals surface area contributed by atoms with E-state index in [0.717, 1.165) is 30.6 Å². The number of nitrogens with one attached hydrogen (secondary N) is 1. The first-order valence-corrected chi connectivity index (χ1v) is 9.31. The highest BCUT2D eigenvalue weighted by molar-refractivity contribution is 4.96. The minimum Gasteiger partial charge on any atom is -0.373 e. The van der Waals surface area contributed by atoms with Crippen molar-refractivity contribution in [3.63, 3.8) is 0 Å². The molecule has 21 heavy (non-hydrogen) atoms. The van der Waals surface area contributed by atoms with Crippen LogP contribution < -0.4 is 5.32 Å². The monoisotopic (exact) mass is 289 g/mol. The molecular weight excluding hydrogens is 258 g/mol. The van der Waals surface area contributed by atoms with Crippen LogP contribution >= 0.6 is 0 Å². The molecule has 0 bridgehead atoms. The van der Waals surface area contributed by atoms with E-state index in [0.29, 0.717) is 0 Å². The summed E-state index contributed by atoms with van der Waals surface area (Å²) in [6.45, 7) is 3.70. The second kappa shape index (κ2) is 6.20. The Balaban J connectivity index is 1.35. The van der Waals surface area contributed by atoms with Gasteiger partial charge >= 0.3 is 0 Å². The van der Waals surface area contributed by atoms with Crippen LogP contribution in [-0.4, -0.2) is 41.6 Å². The Morgan fingerprint density at radius 1 is 0.857 bits per heavy atom. The lowest BCUT2D eigenvalue weighted by molar-refractivity contribution is 0.0167. The molecule has 4 aliphatic rings. The van der Waals surface area contributed by atoms with Crippen LogP contribution in [0.1, 0.15) is 57.8 Å². The molecule has 3 fully saturated rings. The molecule has 3 heteroatoms. The molecule has 3 unspecified atom stereocenters. The molecule has 2 aliphatic heterocycles. The van der Waals surface area contributed by atoms with Gasteiger partial charge in [0.1, 0.15) is 0 Å². The van der Waals surface area contributed by atoms with Crippen molar-refractivity contribution < 1.29 is 0 Å². The van der Waals surface area contributed by atoms with Crippen LogP contribution in [0.4, 0.5) is 0 Å². The van der Waals surface area contributed by atoms with Crippen molar-refractivity contribution in [3.05, 3.63) is 12.4 Å². The van der Waals surface area contributed by atoms with E-state index in [1.54, 1.807) is 0 Å². The van der Waals surface area contributed by atoms with Gasteiger partial charge in [-0.15, -0.1) is 0 Å². The lowest BCUT2D eigenvalue weighted by atomic mass is 9.67. The predicted octanol–water partition coefficient (Wildman–Crippen LogP) is 3.14. The molecule has 2 heterocycles. The van der Waals surface area contributed by atoms with Gasteiger partial charge in [0.05, 0.1) is 6.67 Å². The molecule has 118 valence electrons. The topological polar surface area (TPSA) is 18.5 Å². The van der Waals surface area contributed by atoms with Gasteiger partial charge in [0, 0.05) is 37.6 Å². The Kier molecular flexibility index (Phi) is 4.11. The standard InChI is InChI=1S/C18H31N3/c1-2-6-17-15(4-1)5-3-7-18(17)20-11-8-16(9-12-20)21-13-10-19-14-21/h10,13,15-19H,1-9,11-12,14H2. The number of piperidine rings is 1. The maximum absolute atomic E-state index is 3.31. The molecule has 1 N–H and O–H groups in total. The van der Waals surface area contributed by atoms with Crippen molar-refractivity contribution in [2.45, 2.75) is 69.9 Å². The van der Waals surface area contributed by atoms with Gasteiger partial charge in [-0.3, -0.25) is 4.90 Å². The van der Waals surface area contributed by atoms with Crippen molar-refractivity contribution in [1.29, 1.82) is 0 Å². The molecule has 0 aromatic heterocycles. The molecule has 0 aromatic carbocycles. The SMILES string of the molecule is C1=CN(C2CCN(C3CCCC4CCCCC43)CC2)CN1. The summed E-state index contributed by atoms with van der Waals surface area (Å²) in [5.74, 6) is 2.11. The number of rotatable bonds is 2. The second-order valence-corrected chi connectivity index (χ2v) is 7.67. The summed E-state index contributed by atoms with van der Waals surface area (Å²) < 4.78 is 0. The van der Waals surface area contributed by atoms with Crippen LogP contribution in [0.2, 0.25) is 0 Å². The highest BCUT2D eigenvalue weighted by Gasteiger charge is 2.39. The Labute approximate surface area is 129 Å².